The fraction of sp³-hybridized carbons (Fsp3) is 0. The minimum Gasteiger partial charge on any atom is -0.310 e. The molecule has 2 heterocycles. The first kappa shape index (κ1) is 35.6. The summed E-state index contributed by atoms with van der Waals surface area (Å²) < 4.78 is 4.91. The van der Waals surface area contributed by atoms with E-state index in [1.165, 1.54) is 37.8 Å². The highest BCUT2D eigenvalue weighted by Crippen LogP contribution is 2.48. The Hall–Kier alpha value is -8.34. The molecule has 12 aromatic rings. The number of hydrogen-bond donors (Lipinski definition) is 0. The van der Waals surface area contributed by atoms with Gasteiger partial charge in [0.2, 0.25) is 0 Å². The summed E-state index contributed by atoms with van der Waals surface area (Å²) in [6.45, 7) is 0. The van der Waals surface area contributed by atoms with Gasteiger partial charge >= 0.3 is 0 Å². The topological polar surface area (TPSA) is 16.3 Å². The van der Waals surface area contributed by atoms with Crippen molar-refractivity contribution in [1.82, 2.24) is 9.13 Å². The van der Waals surface area contributed by atoms with Crippen LogP contribution in [0.2, 0.25) is 0 Å². The van der Waals surface area contributed by atoms with E-state index in [0.29, 0.717) is 0 Å². The first-order valence-corrected chi connectivity index (χ1v) is 21.2. The summed E-state index contributed by atoms with van der Waals surface area (Å²) in [4.78, 5) is 4.79. The maximum atomic E-state index is 2.47. The molecule has 0 N–H and O–H groups in total. The molecule has 0 bridgehead atoms. The molecule has 0 radical (unpaired) electrons. The van der Waals surface area contributed by atoms with Gasteiger partial charge in [-0.2, -0.15) is 0 Å². The molecular weight excluding hydrogens is 753 g/mol. The lowest BCUT2D eigenvalue weighted by Crippen LogP contribution is -2.14. The molecule has 62 heavy (non-hydrogen) atoms. The molecule has 10 aromatic carbocycles. The first-order chi connectivity index (χ1) is 30.8. The molecule has 0 saturated carbocycles. The monoisotopic (exact) mass is 792 g/mol. The van der Waals surface area contributed by atoms with Gasteiger partial charge < -0.3 is 18.9 Å². The number of anilines is 6. The second-order valence-electron chi connectivity index (χ2n) is 15.8. The maximum absolute atomic E-state index is 2.47. The molecule has 0 aliphatic rings. The number of fused-ring (bicyclic) bond motifs is 7. The Labute approximate surface area is 360 Å². The Kier molecular flexibility index (Phi) is 8.46. The molecule has 0 unspecified atom stereocenters. The zero-order valence-electron chi connectivity index (χ0n) is 33.9. The van der Waals surface area contributed by atoms with Crippen molar-refractivity contribution >= 4 is 88.5 Å². The molecule has 0 spiro atoms. The summed E-state index contributed by atoms with van der Waals surface area (Å²) in [7, 11) is 0. The third-order valence-electron chi connectivity index (χ3n) is 12.2. The lowest BCUT2D eigenvalue weighted by molar-refractivity contribution is 1.15. The lowest BCUT2D eigenvalue weighted by atomic mass is 10.1. The Morgan fingerprint density at radius 1 is 0.258 bits per heavy atom. The Bertz CT molecular complexity index is 3490. The van der Waals surface area contributed by atoms with E-state index in [0.717, 1.165) is 62.0 Å². The van der Waals surface area contributed by atoms with Crippen LogP contribution in [0.15, 0.2) is 243 Å². The molecule has 2 aromatic heterocycles. The van der Waals surface area contributed by atoms with E-state index in [-0.39, 0.29) is 0 Å². The third kappa shape index (κ3) is 5.84. The molecular formula is C58H40N4. The fourth-order valence-corrected chi connectivity index (χ4v) is 9.52. The quantitative estimate of drug-likeness (QED) is 0.152. The predicted molar refractivity (Wildman–Crippen MR) is 262 cm³/mol. The van der Waals surface area contributed by atoms with E-state index in [1.807, 2.05) is 0 Å². The standard InChI is InChI=1S/C58H40N4/c1-5-21-43(22-6-1)59(44-23-7-2-8-24-44)49-39-56(60(45-25-9-3-10-26-45)46-27-11-4-12-28-46)58-52-30-16-18-32-54(52)62(57(58)40-49)48-35-36-51-50-29-15-17-31-53(50)61(55(51)38-48)47-34-33-41-19-13-14-20-42(41)37-47/h1-40H. The molecule has 0 fully saturated rings. The Balaban J connectivity index is 1.20. The highest BCUT2D eigenvalue weighted by molar-refractivity contribution is 6.18. The third-order valence-corrected chi connectivity index (χ3v) is 12.2. The number of para-hydroxylation sites is 6. The van der Waals surface area contributed by atoms with Gasteiger partial charge in [0.1, 0.15) is 0 Å². The molecule has 0 atom stereocenters. The zero-order valence-corrected chi connectivity index (χ0v) is 33.9. The van der Waals surface area contributed by atoms with Gasteiger partial charge in [-0.25, -0.2) is 0 Å². The van der Waals surface area contributed by atoms with Crippen molar-refractivity contribution in [1.29, 1.82) is 0 Å². The summed E-state index contributed by atoms with van der Waals surface area (Å²) in [6.07, 6.45) is 0. The van der Waals surface area contributed by atoms with Gasteiger partial charge in [0, 0.05) is 55.7 Å². The summed E-state index contributed by atoms with van der Waals surface area (Å²) in [5, 5.41) is 7.26. The number of hydrogen-bond acceptors (Lipinski definition) is 2. The minimum absolute atomic E-state index is 1.05. The lowest BCUT2D eigenvalue weighted by Gasteiger charge is -2.30. The van der Waals surface area contributed by atoms with Crippen molar-refractivity contribution < 1.29 is 0 Å². The van der Waals surface area contributed by atoms with Gasteiger partial charge in [-0.1, -0.05) is 146 Å². The van der Waals surface area contributed by atoms with Crippen LogP contribution in [-0.4, -0.2) is 9.13 Å². The van der Waals surface area contributed by atoms with Gasteiger partial charge in [0.05, 0.1) is 33.4 Å². The van der Waals surface area contributed by atoms with E-state index in [4.69, 9.17) is 0 Å². The molecule has 0 saturated heterocycles. The summed E-state index contributed by atoms with van der Waals surface area (Å²) in [5.41, 5.74) is 13.3. The fourth-order valence-electron chi connectivity index (χ4n) is 9.52. The van der Waals surface area contributed by atoms with E-state index in [1.54, 1.807) is 0 Å². The molecule has 4 heteroatoms. The number of rotatable bonds is 8. The van der Waals surface area contributed by atoms with Crippen LogP contribution in [0.5, 0.6) is 0 Å². The maximum Gasteiger partial charge on any atom is 0.0583 e. The second-order valence-corrected chi connectivity index (χ2v) is 15.8. The highest BCUT2D eigenvalue weighted by Gasteiger charge is 2.25. The van der Waals surface area contributed by atoms with E-state index in [9.17, 15) is 0 Å². The summed E-state index contributed by atoms with van der Waals surface area (Å²) >= 11 is 0. The summed E-state index contributed by atoms with van der Waals surface area (Å²) in [5.74, 6) is 0. The van der Waals surface area contributed by atoms with Crippen LogP contribution in [0.1, 0.15) is 0 Å². The minimum atomic E-state index is 1.05. The first-order valence-electron chi connectivity index (χ1n) is 21.2. The SMILES string of the molecule is c1ccc(N(c2ccccc2)c2cc(N(c3ccccc3)c3ccccc3)c3c4ccccc4n(-c4ccc5c6ccccc6n(-c6ccc7ccccc7c6)c5c4)c3c2)cc1. The van der Waals surface area contributed by atoms with Crippen molar-refractivity contribution in [3.63, 3.8) is 0 Å². The van der Waals surface area contributed by atoms with Crippen LogP contribution < -0.4 is 9.80 Å². The van der Waals surface area contributed by atoms with Crippen LogP contribution in [0.3, 0.4) is 0 Å². The largest absolute Gasteiger partial charge is 0.310 e. The average molecular weight is 793 g/mol. The number of benzene rings is 10. The normalized spacial score (nSPS) is 11.5. The predicted octanol–water partition coefficient (Wildman–Crippen LogP) is 16.0. The molecule has 292 valence electrons. The van der Waals surface area contributed by atoms with Crippen LogP contribution >= 0.6 is 0 Å². The molecule has 12 rings (SSSR count). The van der Waals surface area contributed by atoms with Gasteiger partial charge in [-0.05, 0) is 108 Å². The number of nitrogens with zero attached hydrogens (tertiary/aromatic N) is 4. The van der Waals surface area contributed by atoms with Crippen LogP contribution in [0.25, 0.3) is 65.8 Å². The average Bonchev–Trinajstić information content (AvgIpc) is 3.85. The zero-order chi connectivity index (χ0) is 41.0. The van der Waals surface area contributed by atoms with E-state index in [2.05, 4.69) is 262 Å². The van der Waals surface area contributed by atoms with Gasteiger partial charge in [-0.3, -0.25) is 0 Å². The highest BCUT2D eigenvalue weighted by atomic mass is 15.2. The van der Waals surface area contributed by atoms with Crippen molar-refractivity contribution in [3.8, 4) is 11.4 Å². The van der Waals surface area contributed by atoms with Gasteiger partial charge in [0.15, 0.2) is 0 Å². The Morgan fingerprint density at radius 2 is 0.710 bits per heavy atom. The van der Waals surface area contributed by atoms with Crippen LogP contribution in [0.4, 0.5) is 34.1 Å². The van der Waals surface area contributed by atoms with Gasteiger partial charge in [-0.15, -0.1) is 0 Å². The Morgan fingerprint density at radius 3 is 1.34 bits per heavy atom. The molecule has 0 aliphatic heterocycles. The van der Waals surface area contributed by atoms with E-state index >= 15 is 0 Å². The molecule has 0 amide bonds. The summed E-state index contributed by atoms with van der Waals surface area (Å²) in [6, 6.07) is 87.7. The smallest absolute Gasteiger partial charge is 0.0583 e. The molecule has 0 aliphatic carbocycles. The van der Waals surface area contributed by atoms with Gasteiger partial charge in [0.25, 0.3) is 0 Å². The van der Waals surface area contributed by atoms with E-state index < -0.39 is 0 Å². The van der Waals surface area contributed by atoms with Crippen LogP contribution in [-0.2, 0) is 0 Å². The van der Waals surface area contributed by atoms with Crippen molar-refractivity contribution in [2.24, 2.45) is 0 Å². The van der Waals surface area contributed by atoms with Crippen molar-refractivity contribution in [2.75, 3.05) is 9.80 Å². The van der Waals surface area contributed by atoms with Crippen molar-refractivity contribution in [3.05, 3.63) is 243 Å². The van der Waals surface area contributed by atoms with Crippen molar-refractivity contribution in [2.45, 2.75) is 0 Å². The molecule has 4 nitrogen and oxygen atoms in total. The number of aromatic nitrogens is 2. The second kappa shape index (κ2) is 14.7. The van der Waals surface area contributed by atoms with Crippen LogP contribution in [0, 0.1) is 0 Å².